The zero-order chi connectivity index (χ0) is 10.2. The lowest BCUT2D eigenvalue weighted by atomic mass is 10.3. The molecule has 0 spiro atoms. The molecule has 0 amide bonds. The van der Waals surface area contributed by atoms with Gasteiger partial charge in [0.05, 0.1) is 35.6 Å². The van der Waals surface area contributed by atoms with Gasteiger partial charge in [0.15, 0.2) is 0 Å². The molecule has 0 saturated heterocycles. The highest BCUT2D eigenvalue weighted by Gasteiger charge is 2.14. The maximum absolute atomic E-state index is 10.8. The van der Waals surface area contributed by atoms with E-state index in [1.54, 1.807) is 0 Å². The minimum Gasteiger partial charge on any atom is -0.282 e. The van der Waals surface area contributed by atoms with E-state index in [0.717, 1.165) is 0 Å². The average molecular weight is 239 g/mol. The molecule has 0 aliphatic heterocycles. The van der Waals surface area contributed by atoms with Crippen LogP contribution in [0.2, 0.25) is 0 Å². The molecule has 7 heteroatoms. The van der Waals surface area contributed by atoms with Crippen LogP contribution in [0.25, 0.3) is 0 Å². The van der Waals surface area contributed by atoms with Crippen molar-refractivity contribution in [3.63, 3.8) is 0 Å². The molecular weight excluding hydrogens is 236 g/mol. The Labute approximate surface area is 86.6 Å². The molecule has 3 nitrogen and oxygen atoms in total. The first-order valence-electron chi connectivity index (χ1n) is 3.13. The SMILES string of the molecule is O=S(=O)(O)c1ccc([Si])c([Si])c1[Si]. The van der Waals surface area contributed by atoms with E-state index in [1.165, 1.54) is 12.1 Å². The minimum absolute atomic E-state index is 0.170. The summed E-state index contributed by atoms with van der Waals surface area (Å²) in [5.74, 6) is 0. The van der Waals surface area contributed by atoms with Gasteiger partial charge in [0, 0.05) is 0 Å². The second-order valence-electron chi connectivity index (χ2n) is 2.34. The third kappa shape index (κ3) is 2.17. The second kappa shape index (κ2) is 3.50. The van der Waals surface area contributed by atoms with Crippen LogP contribution >= 0.6 is 0 Å². The zero-order valence-electron chi connectivity index (χ0n) is 6.33. The van der Waals surface area contributed by atoms with Crippen LogP contribution < -0.4 is 15.6 Å². The van der Waals surface area contributed by atoms with Gasteiger partial charge >= 0.3 is 0 Å². The van der Waals surface area contributed by atoms with Crippen LogP contribution in [0, 0.1) is 0 Å². The smallest absolute Gasteiger partial charge is 0.282 e. The Morgan fingerprint density at radius 2 is 1.62 bits per heavy atom. The highest BCUT2D eigenvalue weighted by Crippen LogP contribution is 2.00. The van der Waals surface area contributed by atoms with Gasteiger partial charge in [0.25, 0.3) is 10.1 Å². The molecule has 0 heterocycles. The molecular formula is C6H3O3SSi3. The van der Waals surface area contributed by atoms with Crippen LogP contribution in [0.1, 0.15) is 0 Å². The summed E-state index contributed by atoms with van der Waals surface area (Å²) in [6, 6.07) is 2.82. The summed E-state index contributed by atoms with van der Waals surface area (Å²) in [4.78, 5) is -0.170. The Kier molecular flexibility index (Phi) is 2.92. The van der Waals surface area contributed by atoms with Crippen LogP contribution in [0.15, 0.2) is 17.0 Å². The van der Waals surface area contributed by atoms with Crippen molar-refractivity contribution in [2.45, 2.75) is 4.90 Å². The summed E-state index contributed by atoms with van der Waals surface area (Å²) in [7, 11) is 5.37. The number of benzene rings is 1. The molecule has 1 aromatic carbocycles. The van der Waals surface area contributed by atoms with Crippen LogP contribution in [0.4, 0.5) is 0 Å². The zero-order valence-corrected chi connectivity index (χ0v) is 10.1. The van der Waals surface area contributed by atoms with Gasteiger partial charge < -0.3 is 0 Å². The lowest BCUT2D eigenvalue weighted by Crippen LogP contribution is -2.41. The molecule has 9 radical (unpaired) electrons. The Hall–Kier alpha value is -0.219. The summed E-state index contributed by atoms with van der Waals surface area (Å²) >= 11 is 0. The van der Waals surface area contributed by atoms with Crippen molar-refractivity contribution in [3.8, 4) is 0 Å². The van der Waals surface area contributed by atoms with E-state index in [2.05, 4.69) is 30.7 Å². The molecule has 0 aliphatic rings. The predicted molar refractivity (Wildman–Crippen MR) is 52.4 cm³/mol. The molecule has 1 aromatic rings. The summed E-state index contributed by atoms with van der Waals surface area (Å²) in [5.41, 5.74) is 0. The largest absolute Gasteiger partial charge is 0.294 e. The van der Waals surface area contributed by atoms with Crippen molar-refractivity contribution in [2.24, 2.45) is 0 Å². The van der Waals surface area contributed by atoms with E-state index >= 15 is 0 Å². The van der Waals surface area contributed by atoms with E-state index in [0.29, 0.717) is 10.4 Å². The molecule has 1 rings (SSSR count). The van der Waals surface area contributed by atoms with Crippen LogP contribution in [0.3, 0.4) is 0 Å². The van der Waals surface area contributed by atoms with Crippen molar-refractivity contribution in [3.05, 3.63) is 12.1 Å². The Morgan fingerprint density at radius 1 is 1.08 bits per heavy atom. The molecule has 0 saturated carbocycles. The van der Waals surface area contributed by atoms with Crippen LogP contribution in [0.5, 0.6) is 0 Å². The lowest BCUT2D eigenvalue weighted by molar-refractivity contribution is 0.484. The molecule has 0 atom stereocenters. The average Bonchev–Trinajstić information content (AvgIpc) is 1.98. The fourth-order valence-corrected chi connectivity index (χ4v) is 2.65. The van der Waals surface area contributed by atoms with E-state index in [1.807, 2.05) is 0 Å². The van der Waals surface area contributed by atoms with Crippen molar-refractivity contribution in [1.29, 1.82) is 0 Å². The first kappa shape index (κ1) is 10.9. The molecule has 1 N–H and O–H groups in total. The second-order valence-corrected chi connectivity index (χ2v) is 5.26. The molecule has 63 valence electrons. The van der Waals surface area contributed by atoms with Gasteiger partial charge in [-0.3, -0.25) is 4.55 Å². The molecule has 13 heavy (non-hydrogen) atoms. The van der Waals surface area contributed by atoms with E-state index in [9.17, 15) is 8.42 Å². The van der Waals surface area contributed by atoms with Gasteiger partial charge in [0.1, 0.15) is 0 Å². The van der Waals surface area contributed by atoms with E-state index < -0.39 is 10.1 Å². The summed E-state index contributed by atoms with van der Waals surface area (Å²) in [6.45, 7) is 0. The predicted octanol–water partition coefficient (Wildman–Crippen LogP) is -2.69. The van der Waals surface area contributed by atoms with Gasteiger partial charge in [-0.15, -0.1) is 0 Å². The first-order valence-corrected chi connectivity index (χ1v) is 6.07. The van der Waals surface area contributed by atoms with Gasteiger partial charge in [-0.05, 0) is 11.3 Å². The molecule has 0 aliphatic carbocycles. The van der Waals surface area contributed by atoms with Crippen LogP contribution in [-0.2, 0) is 10.1 Å². The lowest BCUT2D eigenvalue weighted by Gasteiger charge is -2.07. The van der Waals surface area contributed by atoms with Crippen molar-refractivity contribution in [2.75, 3.05) is 0 Å². The van der Waals surface area contributed by atoms with Crippen LogP contribution in [-0.4, -0.2) is 43.7 Å². The summed E-state index contributed by atoms with van der Waals surface area (Å²) in [6.07, 6.45) is 0. The highest BCUT2D eigenvalue weighted by molar-refractivity contribution is 7.86. The van der Waals surface area contributed by atoms with E-state index in [4.69, 9.17) is 4.55 Å². The van der Waals surface area contributed by atoms with Crippen molar-refractivity contribution in [1.82, 2.24) is 0 Å². The van der Waals surface area contributed by atoms with Gasteiger partial charge in [-0.25, -0.2) is 0 Å². The third-order valence-corrected chi connectivity index (χ3v) is 4.48. The summed E-state index contributed by atoms with van der Waals surface area (Å²) in [5, 5.41) is 1.50. The topological polar surface area (TPSA) is 54.4 Å². The first-order chi connectivity index (χ1) is 5.84. The Balaban J connectivity index is 3.53. The Bertz CT molecular complexity index is 441. The van der Waals surface area contributed by atoms with Gasteiger partial charge in [-0.2, -0.15) is 8.42 Å². The van der Waals surface area contributed by atoms with Gasteiger partial charge in [0.2, 0.25) is 0 Å². The number of hydrogen-bond acceptors (Lipinski definition) is 2. The quantitative estimate of drug-likeness (QED) is 0.429. The van der Waals surface area contributed by atoms with E-state index in [-0.39, 0.29) is 10.1 Å². The normalized spacial score (nSPS) is 11.7. The number of rotatable bonds is 1. The standard InChI is InChI=1S/C6H3O3SSi3/c7-10(8,9)3-1-2-4(11)6(13)5(3)12/h1-2H,(H,7,8,9). The number of hydrogen-bond donors (Lipinski definition) is 1. The molecule has 0 aromatic heterocycles. The van der Waals surface area contributed by atoms with Crippen molar-refractivity contribution < 1.29 is 13.0 Å². The molecule has 0 bridgehead atoms. The summed E-state index contributed by atoms with van der Waals surface area (Å²) < 4.78 is 30.4. The molecule has 0 unspecified atom stereocenters. The Morgan fingerprint density at radius 3 is 2.08 bits per heavy atom. The highest BCUT2D eigenvalue weighted by atomic mass is 32.2. The third-order valence-electron chi connectivity index (χ3n) is 1.45. The fourth-order valence-electron chi connectivity index (χ4n) is 0.799. The molecule has 0 fully saturated rings. The minimum atomic E-state index is -4.17. The van der Waals surface area contributed by atoms with Crippen molar-refractivity contribution >= 4 is 56.4 Å². The maximum atomic E-state index is 10.8. The maximum Gasteiger partial charge on any atom is 0.294 e. The monoisotopic (exact) mass is 239 g/mol. The fraction of sp³-hybridized carbons (Fsp3) is 0. The van der Waals surface area contributed by atoms with Gasteiger partial charge in [-0.1, -0.05) is 16.4 Å².